The number of hydrogen-bond acceptors (Lipinski definition) is 4. The highest BCUT2D eigenvalue weighted by Gasteiger charge is 2.34. The molecule has 1 atom stereocenters. The Bertz CT molecular complexity index is 443. The second-order valence-corrected chi connectivity index (χ2v) is 5.72. The molecular formula is C15H23N3O. The Morgan fingerprint density at radius 3 is 2.74 bits per heavy atom. The van der Waals surface area contributed by atoms with Crippen LogP contribution in [0.1, 0.15) is 38.5 Å². The maximum Gasteiger partial charge on any atom is 0.238 e. The fraction of sp³-hybridized carbons (Fsp3) is 0.667. The molecule has 2 heterocycles. The van der Waals surface area contributed by atoms with E-state index in [2.05, 4.69) is 9.88 Å². The molecule has 1 aromatic heterocycles. The Kier molecular flexibility index (Phi) is 3.49. The summed E-state index contributed by atoms with van der Waals surface area (Å²) in [5.74, 6) is 2.43. The zero-order chi connectivity index (χ0) is 13.2. The summed E-state index contributed by atoms with van der Waals surface area (Å²) in [6.07, 6.45) is 8.14. The molecule has 1 unspecified atom stereocenters. The predicted octanol–water partition coefficient (Wildman–Crippen LogP) is 2.83. The SMILES string of the molecule is COc1nc(N2CCCC2C2CCCC2)ccc1N. The molecule has 2 N–H and O–H groups in total. The molecule has 3 rings (SSSR count). The number of methoxy groups -OCH3 is 1. The van der Waals surface area contributed by atoms with Gasteiger partial charge in [0.25, 0.3) is 0 Å². The number of aromatic nitrogens is 1. The average Bonchev–Trinajstić information content (AvgIpc) is 3.09. The first-order chi connectivity index (χ1) is 9.29. The van der Waals surface area contributed by atoms with E-state index in [0.29, 0.717) is 17.6 Å². The van der Waals surface area contributed by atoms with E-state index in [4.69, 9.17) is 10.5 Å². The van der Waals surface area contributed by atoms with Crippen molar-refractivity contribution in [3.63, 3.8) is 0 Å². The molecule has 2 aliphatic rings. The van der Waals surface area contributed by atoms with Crippen molar-refractivity contribution >= 4 is 11.5 Å². The zero-order valence-electron chi connectivity index (χ0n) is 11.6. The van der Waals surface area contributed by atoms with E-state index < -0.39 is 0 Å². The van der Waals surface area contributed by atoms with E-state index in [1.165, 1.54) is 38.5 Å². The van der Waals surface area contributed by atoms with Crippen LogP contribution in [0.25, 0.3) is 0 Å². The van der Waals surface area contributed by atoms with Gasteiger partial charge in [-0.1, -0.05) is 12.8 Å². The van der Waals surface area contributed by atoms with Gasteiger partial charge in [0.1, 0.15) is 5.82 Å². The lowest BCUT2D eigenvalue weighted by molar-refractivity contribution is 0.397. The van der Waals surface area contributed by atoms with Gasteiger partial charge in [-0.15, -0.1) is 0 Å². The van der Waals surface area contributed by atoms with Gasteiger partial charge in [-0.3, -0.25) is 0 Å². The number of nitrogen functional groups attached to an aromatic ring is 1. The molecule has 0 amide bonds. The Morgan fingerprint density at radius 2 is 2.00 bits per heavy atom. The molecule has 104 valence electrons. The van der Waals surface area contributed by atoms with Crippen LogP contribution >= 0.6 is 0 Å². The number of nitrogens with two attached hydrogens (primary N) is 1. The van der Waals surface area contributed by atoms with Crippen molar-refractivity contribution in [3.8, 4) is 5.88 Å². The van der Waals surface area contributed by atoms with Gasteiger partial charge in [0.2, 0.25) is 5.88 Å². The van der Waals surface area contributed by atoms with Crippen LogP contribution in [0, 0.1) is 5.92 Å². The van der Waals surface area contributed by atoms with Crippen LogP contribution in [0.5, 0.6) is 5.88 Å². The van der Waals surface area contributed by atoms with Crippen molar-refractivity contribution in [3.05, 3.63) is 12.1 Å². The Labute approximate surface area is 115 Å². The monoisotopic (exact) mass is 261 g/mol. The highest BCUT2D eigenvalue weighted by atomic mass is 16.5. The van der Waals surface area contributed by atoms with Crippen molar-refractivity contribution in [1.29, 1.82) is 0 Å². The minimum atomic E-state index is 0.551. The first kappa shape index (κ1) is 12.6. The summed E-state index contributed by atoms with van der Waals surface area (Å²) in [7, 11) is 1.63. The smallest absolute Gasteiger partial charge is 0.238 e. The van der Waals surface area contributed by atoms with Crippen molar-refractivity contribution in [1.82, 2.24) is 4.98 Å². The van der Waals surface area contributed by atoms with Gasteiger partial charge in [-0.25, -0.2) is 0 Å². The average molecular weight is 261 g/mol. The highest BCUT2D eigenvalue weighted by Crippen LogP contribution is 2.38. The molecule has 0 spiro atoms. The van der Waals surface area contributed by atoms with E-state index in [1.807, 2.05) is 12.1 Å². The van der Waals surface area contributed by atoms with Gasteiger partial charge >= 0.3 is 0 Å². The molecule has 4 heteroatoms. The van der Waals surface area contributed by atoms with E-state index in [1.54, 1.807) is 7.11 Å². The summed E-state index contributed by atoms with van der Waals surface area (Å²) >= 11 is 0. The normalized spacial score (nSPS) is 24.1. The molecule has 19 heavy (non-hydrogen) atoms. The van der Waals surface area contributed by atoms with Crippen LogP contribution < -0.4 is 15.4 Å². The molecule has 4 nitrogen and oxygen atoms in total. The minimum absolute atomic E-state index is 0.551. The molecule has 1 saturated heterocycles. The van der Waals surface area contributed by atoms with Crippen molar-refractivity contribution in [2.45, 2.75) is 44.6 Å². The lowest BCUT2D eigenvalue weighted by Crippen LogP contribution is -2.35. The summed E-state index contributed by atoms with van der Waals surface area (Å²) in [5, 5.41) is 0. The fourth-order valence-electron chi connectivity index (χ4n) is 3.67. The molecule has 2 fully saturated rings. The lowest BCUT2D eigenvalue weighted by atomic mass is 9.96. The highest BCUT2D eigenvalue weighted by molar-refractivity contribution is 5.55. The number of nitrogens with zero attached hydrogens (tertiary/aromatic N) is 2. The Hall–Kier alpha value is -1.45. The third-order valence-corrected chi connectivity index (χ3v) is 4.61. The molecule has 1 aromatic rings. The van der Waals surface area contributed by atoms with E-state index in [-0.39, 0.29) is 0 Å². The third kappa shape index (κ3) is 2.36. The standard InChI is InChI=1S/C15H23N3O/c1-19-15-12(16)8-9-14(17-15)18-10-4-7-13(18)11-5-2-3-6-11/h8-9,11,13H,2-7,10,16H2,1H3. The van der Waals surface area contributed by atoms with Crippen molar-refractivity contribution in [2.24, 2.45) is 5.92 Å². The quantitative estimate of drug-likeness (QED) is 0.909. The number of anilines is 2. The number of rotatable bonds is 3. The van der Waals surface area contributed by atoms with Crippen LogP contribution in [-0.4, -0.2) is 24.7 Å². The van der Waals surface area contributed by atoms with Crippen molar-refractivity contribution in [2.75, 3.05) is 24.3 Å². The molecule has 1 saturated carbocycles. The minimum Gasteiger partial charge on any atom is -0.479 e. The number of ether oxygens (including phenoxy) is 1. The van der Waals surface area contributed by atoms with E-state index in [0.717, 1.165) is 18.3 Å². The van der Waals surface area contributed by atoms with Crippen LogP contribution in [0.2, 0.25) is 0 Å². The molecule has 1 aliphatic heterocycles. The molecule has 0 bridgehead atoms. The largest absolute Gasteiger partial charge is 0.479 e. The molecular weight excluding hydrogens is 238 g/mol. The summed E-state index contributed by atoms with van der Waals surface area (Å²) in [5.41, 5.74) is 6.46. The van der Waals surface area contributed by atoms with E-state index in [9.17, 15) is 0 Å². The van der Waals surface area contributed by atoms with Gasteiger partial charge < -0.3 is 15.4 Å². The fourth-order valence-corrected chi connectivity index (χ4v) is 3.67. The predicted molar refractivity (Wildman–Crippen MR) is 77.5 cm³/mol. The van der Waals surface area contributed by atoms with E-state index >= 15 is 0 Å². The molecule has 0 aromatic carbocycles. The first-order valence-corrected chi connectivity index (χ1v) is 7.37. The van der Waals surface area contributed by atoms with Crippen LogP contribution in [0.3, 0.4) is 0 Å². The van der Waals surface area contributed by atoms with Gasteiger partial charge in [0.05, 0.1) is 12.8 Å². The lowest BCUT2D eigenvalue weighted by Gasteiger charge is -2.30. The second kappa shape index (κ2) is 5.27. The maximum atomic E-state index is 5.85. The van der Waals surface area contributed by atoms with Crippen LogP contribution in [0.4, 0.5) is 11.5 Å². The van der Waals surface area contributed by atoms with Crippen LogP contribution in [-0.2, 0) is 0 Å². The summed E-state index contributed by atoms with van der Waals surface area (Å²) in [6.45, 7) is 1.11. The van der Waals surface area contributed by atoms with Crippen molar-refractivity contribution < 1.29 is 4.74 Å². The summed E-state index contributed by atoms with van der Waals surface area (Å²) in [4.78, 5) is 7.04. The Morgan fingerprint density at radius 1 is 1.21 bits per heavy atom. The Balaban J connectivity index is 1.83. The van der Waals surface area contributed by atoms with Gasteiger partial charge in [0, 0.05) is 12.6 Å². The number of hydrogen-bond donors (Lipinski definition) is 1. The zero-order valence-corrected chi connectivity index (χ0v) is 11.6. The van der Waals surface area contributed by atoms with Crippen LogP contribution in [0.15, 0.2) is 12.1 Å². The maximum absolute atomic E-state index is 5.85. The van der Waals surface area contributed by atoms with Gasteiger partial charge in [-0.05, 0) is 43.7 Å². The van der Waals surface area contributed by atoms with Gasteiger partial charge in [-0.2, -0.15) is 4.98 Å². The number of pyridine rings is 1. The van der Waals surface area contributed by atoms with Gasteiger partial charge in [0.15, 0.2) is 0 Å². The summed E-state index contributed by atoms with van der Waals surface area (Å²) < 4.78 is 5.24. The molecule has 0 radical (unpaired) electrons. The first-order valence-electron chi connectivity index (χ1n) is 7.37. The summed E-state index contributed by atoms with van der Waals surface area (Å²) in [6, 6.07) is 4.61. The third-order valence-electron chi connectivity index (χ3n) is 4.61. The second-order valence-electron chi connectivity index (χ2n) is 5.72. The molecule has 1 aliphatic carbocycles. The topological polar surface area (TPSA) is 51.4 Å².